The van der Waals surface area contributed by atoms with E-state index in [2.05, 4.69) is 5.32 Å². The fourth-order valence-corrected chi connectivity index (χ4v) is 3.20. The lowest BCUT2D eigenvalue weighted by atomic mass is 10.2. The Balaban J connectivity index is 2.72. The van der Waals surface area contributed by atoms with Crippen molar-refractivity contribution in [3.8, 4) is 0 Å². The van der Waals surface area contributed by atoms with E-state index in [0.29, 0.717) is 0 Å². The van der Waals surface area contributed by atoms with Gasteiger partial charge in [0.1, 0.15) is 0 Å². The van der Waals surface area contributed by atoms with Crippen LogP contribution in [0, 0.1) is 0 Å². The first kappa shape index (κ1) is 10.4. The van der Waals surface area contributed by atoms with Gasteiger partial charge in [-0.1, -0.05) is 12.1 Å². The maximum absolute atomic E-state index is 12.6. The topological polar surface area (TPSA) is 46.2 Å². The Morgan fingerprint density at radius 2 is 2.07 bits per heavy atom. The summed E-state index contributed by atoms with van der Waals surface area (Å²) in [6.07, 6.45) is -2.77. The zero-order valence-electron chi connectivity index (χ0n) is 7.70. The van der Waals surface area contributed by atoms with E-state index in [1.54, 1.807) is 0 Å². The number of halogens is 2. The Bertz CT molecular complexity index is 485. The molecular formula is C9H9F2NO2S. The van der Waals surface area contributed by atoms with E-state index in [9.17, 15) is 17.2 Å². The Morgan fingerprint density at radius 1 is 1.33 bits per heavy atom. The lowest BCUT2D eigenvalue weighted by Gasteiger charge is -2.20. The molecule has 0 saturated heterocycles. The van der Waals surface area contributed by atoms with Crippen LogP contribution in [0.15, 0.2) is 23.1 Å². The largest absolute Gasteiger partial charge is 0.383 e. The predicted molar refractivity (Wildman–Crippen MR) is 51.9 cm³/mol. The second-order valence-corrected chi connectivity index (χ2v) is 5.32. The van der Waals surface area contributed by atoms with Crippen LogP contribution in [0.5, 0.6) is 0 Å². The van der Waals surface area contributed by atoms with Gasteiger partial charge in [-0.15, -0.1) is 0 Å². The molecule has 0 radical (unpaired) electrons. The monoisotopic (exact) mass is 233 g/mol. The summed E-state index contributed by atoms with van der Waals surface area (Å²) in [7, 11) is -3.56. The van der Waals surface area contributed by atoms with Crippen LogP contribution in [0.25, 0.3) is 0 Å². The fraction of sp³-hybridized carbons (Fsp3) is 0.333. The summed E-state index contributed by atoms with van der Waals surface area (Å²) in [5.41, 5.74) is -0.140. The molecule has 6 heteroatoms. The summed E-state index contributed by atoms with van der Waals surface area (Å²) in [5, 5.41) is 2.80. The molecule has 1 aromatic rings. The van der Waals surface area contributed by atoms with Crippen molar-refractivity contribution >= 4 is 15.5 Å². The summed E-state index contributed by atoms with van der Waals surface area (Å²) < 4.78 is 48.5. The number of hydrogen-bond acceptors (Lipinski definition) is 3. The van der Waals surface area contributed by atoms with Gasteiger partial charge in [0.25, 0.3) is 6.43 Å². The quantitative estimate of drug-likeness (QED) is 0.804. The number of fused-ring (bicyclic) bond motifs is 1. The average molecular weight is 233 g/mol. The zero-order valence-corrected chi connectivity index (χ0v) is 8.52. The van der Waals surface area contributed by atoms with E-state index in [1.807, 2.05) is 0 Å². The van der Waals surface area contributed by atoms with Crippen molar-refractivity contribution in [2.24, 2.45) is 0 Å². The van der Waals surface area contributed by atoms with Crippen LogP contribution in [-0.2, 0) is 9.84 Å². The van der Waals surface area contributed by atoms with Crippen LogP contribution in [0.1, 0.15) is 12.0 Å². The van der Waals surface area contributed by atoms with Gasteiger partial charge < -0.3 is 5.32 Å². The Labute approximate surface area is 86.0 Å². The number of alkyl halides is 2. The number of rotatable bonds is 1. The van der Waals surface area contributed by atoms with Crippen molar-refractivity contribution in [1.82, 2.24) is 0 Å². The van der Waals surface area contributed by atoms with E-state index in [-0.39, 0.29) is 22.9 Å². The molecule has 1 aromatic carbocycles. The van der Waals surface area contributed by atoms with E-state index < -0.39 is 21.8 Å². The first-order valence-electron chi connectivity index (χ1n) is 4.40. The standard InChI is InChI=1S/C9H9F2NO2S/c10-9(11)6-2-1-3-7-8(6)15(13,14)5-4-12-7/h1-3,9,12H,4-5H2. The summed E-state index contributed by atoms with van der Waals surface area (Å²) in [4.78, 5) is -0.244. The molecule has 1 aliphatic heterocycles. The second-order valence-electron chi connectivity index (χ2n) is 3.27. The van der Waals surface area contributed by atoms with Crippen molar-refractivity contribution in [1.29, 1.82) is 0 Å². The first-order valence-corrected chi connectivity index (χ1v) is 6.05. The van der Waals surface area contributed by atoms with Gasteiger partial charge in [-0.25, -0.2) is 17.2 Å². The lowest BCUT2D eigenvalue weighted by molar-refractivity contribution is 0.148. The van der Waals surface area contributed by atoms with Crippen LogP contribution >= 0.6 is 0 Å². The maximum Gasteiger partial charge on any atom is 0.265 e. The molecule has 0 atom stereocenters. The summed E-state index contributed by atoms with van der Waals surface area (Å²) in [5.74, 6) is -0.135. The van der Waals surface area contributed by atoms with Gasteiger partial charge in [-0.3, -0.25) is 0 Å². The van der Waals surface area contributed by atoms with Crippen LogP contribution < -0.4 is 5.32 Å². The summed E-state index contributed by atoms with van der Waals surface area (Å²) in [6, 6.07) is 4.07. The third-order valence-corrected chi connectivity index (χ3v) is 4.10. The molecule has 0 saturated carbocycles. The van der Waals surface area contributed by atoms with E-state index in [4.69, 9.17) is 0 Å². The molecule has 0 bridgehead atoms. The van der Waals surface area contributed by atoms with E-state index >= 15 is 0 Å². The Kier molecular flexibility index (Phi) is 2.38. The molecule has 15 heavy (non-hydrogen) atoms. The van der Waals surface area contributed by atoms with Crippen LogP contribution in [0.3, 0.4) is 0 Å². The molecular weight excluding hydrogens is 224 g/mol. The van der Waals surface area contributed by atoms with Crippen LogP contribution in [-0.4, -0.2) is 20.7 Å². The molecule has 2 rings (SSSR count). The van der Waals surface area contributed by atoms with Gasteiger partial charge in [-0.2, -0.15) is 0 Å². The molecule has 1 N–H and O–H groups in total. The zero-order chi connectivity index (χ0) is 11.1. The highest BCUT2D eigenvalue weighted by atomic mass is 32.2. The van der Waals surface area contributed by atoms with Crippen LogP contribution in [0.2, 0.25) is 0 Å². The van der Waals surface area contributed by atoms with Gasteiger partial charge in [-0.05, 0) is 6.07 Å². The molecule has 0 amide bonds. The molecule has 1 heterocycles. The molecule has 1 aliphatic rings. The van der Waals surface area contributed by atoms with Crippen molar-refractivity contribution in [2.45, 2.75) is 11.3 Å². The van der Waals surface area contributed by atoms with E-state index in [1.165, 1.54) is 12.1 Å². The maximum atomic E-state index is 12.6. The third-order valence-electron chi connectivity index (χ3n) is 2.28. The van der Waals surface area contributed by atoms with Gasteiger partial charge in [0.15, 0.2) is 9.84 Å². The predicted octanol–water partition coefficient (Wildman–Crippen LogP) is 1.82. The molecule has 82 valence electrons. The SMILES string of the molecule is O=S1(=O)CCNc2cccc(C(F)F)c21. The molecule has 0 aliphatic carbocycles. The molecule has 3 nitrogen and oxygen atoms in total. The Hall–Kier alpha value is -1.17. The highest BCUT2D eigenvalue weighted by Crippen LogP contribution is 2.34. The number of nitrogens with one attached hydrogen (secondary N) is 1. The molecule has 0 unspecified atom stereocenters. The average Bonchev–Trinajstić information content (AvgIpc) is 2.16. The van der Waals surface area contributed by atoms with Gasteiger partial charge in [0.05, 0.1) is 16.3 Å². The van der Waals surface area contributed by atoms with Crippen molar-refractivity contribution in [3.05, 3.63) is 23.8 Å². The molecule has 0 spiro atoms. The van der Waals surface area contributed by atoms with Crippen molar-refractivity contribution < 1.29 is 17.2 Å². The van der Waals surface area contributed by atoms with Crippen molar-refractivity contribution in [2.75, 3.05) is 17.6 Å². The minimum Gasteiger partial charge on any atom is -0.383 e. The fourth-order valence-electron chi connectivity index (χ4n) is 1.64. The third kappa shape index (κ3) is 1.69. The van der Waals surface area contributed by atoms with Crippen LogP contribution in [0.4, 0.5) is 14.5 Å². The lowest BCUT2D eigenvalue weighted by Crippen LogP contribution is -2.24. The second kappa shape index (κ2) is 3.44. The number of benzene rings is 1. The van der Waals surface area contributed by atoms with E-state index in [0.717, 1.165) is 6.07 Å². The van der Waals surface area contributed by atoms with Gasteiger partial charge >= 0.3 is 0 Å². The minimum absolute atomic E-state index is 0.135. The molecule has 0 aromatic heterocycles. The molecule has 0 fully saturated rings. The highest BCUT2D eigenvalue weighted by Gasteiger charge is 2.29. The number of sulfone groups is 1. The summed E-state index contributed by atoms with van der Waals surface area (Å²) >= 11 is 0. The number of anilines is 1. The van der Waals surface area contributed by atoms with Gasteiger partial charge in [0, 0.05) is 12.1 Å². The normalized spacial score (nSPS) is 18.3. The minimum atomic E-state index is -3.56. The first-order chi connectivity index (χ1) is 7.02. The summed E-state index contributed by atoms with van der Waals surface area (Å²) in [6.45, 7) is 0.266. The highest BCUT2D eigenvalue weighted by molar-refractivity contribution is 7.91. The van der Waals surface area contributed by atoms with Crippen molar-refractivity contribution in [3.63, 3.8) is 0 Å². The Morgan fingerprint density at radius 3 is 2.73 bits per heavy atom. The van der Waals surface area contributed by atoms with Gasteiger partial charge in [0.2, 0.25) is 0 Å². The smallest absolute Gasteiger partial charge is 0.265 e. The number of hydrogen-bond donors (Lipinski definition) is 1.